The number of ether oxygens (including phenoxy) is 1. The van der Waals surface area contributed by atoms with Crippen molar-refractivity contribution in [3.8, 4) is 11.9 Å². The number of para-hydroxylation sites is 2. The van der Waals surface area contributed by atoms with Crippen LogP contribution in [0, 0.1) is 11.3 Å². The lowest BCUT2D eigenvalue weighted by atomic mass is 9.94. The van der Waals surface area contributed by atoms with Crippen LogP contribution in [0.3, 0.4) is 0 Å². The molecule has 2 N–H and O–H groups in total. The van der Waals surface area contributed by atoms with Crippen LogP contribution in [0.5, 0.6) is 5.88 Å². The van der Waals surface area contributed by atoms with Crippen molar-refractivity contribution in [3.05, 3.63) is 84.6 Å². The first-order valence-corrected chi connectivity index (χ1v) is 15.8. The molecule has 1 saturated heterocycles. The predicted molar refractivity (Wildman–Crippen MR) is 176 cm³/mol. The lowest BCUT2D eigenvalue weighted by Gasteiger charge is -2.56. The third-order valence-electron chi connectivity index (χ3n) is 7.50. The monoisotopic (exact) mass is 646 g/mol. The second-order valence-corrected chi connectivity index (χ2v) is 12.9. The zero-order chi connectivity index (χ0) is 32.6. The number of benzene rings is 2. The van der Waals surface area contributed by atoms with Gasteiger partial charge in [0.2, 0.25) is 5.88 Å². The van der Waals surface area contributed by atoms with Gasteiger partial charge in [-0.2, -0.15) is 5.26 Å². The van der Waals surface area contributed by atoms with Crippen LogP contribution < -0.4 is 15.4 Å². The van der Waals surface area contributed by atoms with E-state index in [4.69, 9.17) is 4.74 Å². The van der Waals surface area contributed by atoms with Crippen molar-refractivity contribution in [1.29, 1.82) is 5.26 Å². The van der Waals surface area contributed by atoms with Crippen molar-refractivity contribution in [2.24, 2.45) is 0 Å². The Morgan fingerprint density at radius 1 is 0.956 bits per heavy atom. The van der Waals surface area contributed by atoms with Gasteiger partial charge in [-0.15, -0.1) is 0 Å². The first-order valence-electron chi connectivity index (χ1n) is 14.2. The Kier molecular flexibility index (Phi) is 10.7. The summed E-state index contributed by atoms with van der Waals surface area (Å²) >= 11 is 1.32. The van der Waals surface area contributed by atoms with Gasteiger partial charge in [-0.05, 0) is 66.7 Å². The van der Waals surface area contributed by atoms with E-state index < -0.39 is 38.1 Å². The standard InChI is InChI=1S/C32H34N6O5S2/c1-5-25(22-17-18-26(43-4)34-21-22)38-27(39)31(2,44-29(41)35-23-13-8-6-9-14-23)37(3)28(40)32(38,19-12-20-33)45-30(42)36-24-15-10-7-11-16-24/h6-11,13-18,21,25H,5,12,19H2,1-4H3,(H,35,41)(H,36,42)/t25?,31-,32?/m0/s1. The molecule has 2 aromatic carbocycles. The number of amides is 4. The van der Waals surface area contributed by atoms with Gasteiger partial charge in [0.1, 0.15) is 0 Å². The number of methoxy groups -OCH3 is 1. The Morgan fingerprint density at radius 3 is 2.02 bits per heavy atom. The average molecular weight is 647 g/mol. The lowest BCUT2D eigenvalue weighted by molar-refractivity contribution is -0.167. The molecule has 1 fully saturated rings. The molecule has 11 nitrogen and oxygen atoms in total. The van der Waals surface area contributed by atoms with Gasteiger partial charge in [-0.1, -0.05) is 49.4 Å². The Balaban J connectivity index is 1.82. The SMILES string of the molecule is CCC(c1ccc(OC)nc1)N1C(=O)[C@](C)(SC(=O)Nc2ccccc2)N(C)C(=O)C1(CCC#N)SC(=O)Nc1ccccc1. The van der Waals surface area contributed by atoms with Crippen LogP contribution in [0.25, 0.3) is 0 Å². The van der Waals surface area contributed by atoms with Crippen molar-refractivity contribution in [2.45, 2.75) is 48.9 Å². The number of hydrogen-bond acceptors (Lipinski definition) is 9. The van der Waals surface area contributed by atoms with Crippen molar-refractivity contribution >= 4 is 57.2 Å². The number of nitrogens with zero attached hydrogens (tertiary/aromatic N) is 4. The quantitative estimate of drug-likeness (QED) is 0.253. The number of aromatic nitrogens is 1. The maximum absolute atomic E-state index is 14.9. The lowest BCUT2D eigenvalue weighted by Crippen LogP contribution is -2.73. The van der Waals surface area contributed by atoms with Crippen LogP contribution in [0.15, 0.2) is 79.0 Å². The molecule has 3 aromatic rings. The van der Waals surface area contributed by atoms with Crippen LogP contribution in [0.1, 0.15) is 44.7 Å². The first-order chi connectivity index (χ1) is 21.6. The number of anilines is 2. The minimum Gasteiger partial charge on any atom is -0.481 e. The van der Waals surface area contributed by atoms with Gasteiger partial charge in [0.25, 0.3) is 22.3 Å². The predicted octanol–water partition coefficient (Wildman–Crippen LogP) is 6.49. The van der Waals surface area contributed by atoms with Crippen molar-refractivity contribution in [2.75, 3.05) is 24.8 Å². The summed E-state index contributed by atoms with van der Waals surface area (Å²) < 4.78 is 5.22. The fraction of sp³-hybridized carbons (Fsp3) is 0.312. The first kappa shape index (κ1) is 33.4. The van der Waals surface area contributed by atoms with Crippen LogP contribution in [0.2, 0.25) is 0 Å². The molecule has 13 heteroatoms. The summed E-state index contributed by atoms with van der Waals surface area (Å²) in [6.07, 6.45) is 1.63. The van der Waals surface area contributed by atoms with E-state index in [0.29, 0.717) is 52.8 Å². The van der Waals surface area contributed by atoms with Crippen LogP contribution in [0.4, 0.5) is 21.0 Å². The van der Waals surface area contributed by atoms with E-state index in [-0.39, 0.29) is 12.8 Å². The van der Waals surface area contributed by atoms with E-state index in [1.165, 1.54) is 30.9 Å². The smallest absolute Gasteiger partial charge is 0.286 e. The molecule has 0 radical (unpaired) electrons. The molecule has 1 aliphatic rings. The highest BCUT2D eigenvalue weighted by molar-refractivity contribution is 8.16. The molecule has 2 heterocycles. The Bertz CT molecular complexity index is 1570. The largest absolute Gasteiger partial charge is 0.481 e. The molecule has 1 aromatic heterocycles. The van der Waals surface area contributed by atoms with Gasteiger partial charge in [0, 0.05) is 43.5 Å². The minimum atomic E-state index is -1.82. The van der Waals surface area contributed by atoms with Gasteiger partial charge >= 0.3 is 0 Å². The maximum atomic E-state index is 14.9. The molecule has 0 spiro atoms. The number of piperazine rings is 1. The number of nitrogens with one attached hydrogen (secondary N) is 2. The van der Waals surface area contributed by atoms with E-state index in [1.807, 2.05) is 13.0 Å². The summed E-state index contributed by atoms with van der Waals surface area (Å²) in [5.41, 5.74) is 1.62. The molecule has 2 unspecified atom stereocenters. The summed E-state index contributed by atoms with van der Waals surface area (Å²) in [4.78, 5) is 59.8. The molecule has 0 aliphatic carbocycles. The van der Waals surface area contributed by atoms with Gasteiger partial charge in [0.05, 0.1) is 19.2 Å². The summed E-state index contributed by atoms with van der Waals surface area (Å²) in [5.74, 6) is -0.800. The topological polar surface area (TPSA) is 145 Å². The van der Waals surface area contributed by atoms with Gasteiger partial charge < -0.3 is 25.2 Å². The highest BCUT2D eigenvalue weighted by Gasteiger charge is 2.63. The zero-order valence-electron chi connectivity index (χ0n) is 25.4. The molecular weight excluding hydrogens is 613 g/mol. The van der Waals surface area contributed by atoms with E-state index in [2.05, 4.69) is 21.7 Å². The number of nitriles is 1. The molecule has 4 amide bonds. The molecule has 0 saturated carbocycles. The third-order valence-corrected chi connectivity index (χ3v) is 9.84. The average Bonchev–Trinajstić information content (AvgIpc) is 3.05. The summed E-state index contributed by atoms with van der Waals surface area (Å²) in [7, 11) is 2.92. The van der Waals surface area contributed by atoms with Crippen molar-refractivity contribution in [3.63, 3.8) is 0 Å². The summed E-state index contributed by atoms with van der Waals surface area (Å²) in [5, 5.41) is 14.1. The Morgan fingerprint density at radius 2 is 1.53 bits per heavy atom. The molecule has 4 rings (SSSR count). The molecule has 1 aliphatic heterocycles. The number of rotatable bonds is 10. The Hall–Kier alpha value is -4.54. The number of likely N-dealkylation sites (N-methyl/N-ethyl adjacent to an activating group) is 1. The van der Waals surface area contributed by atoms with Gasteiger partial charge in [-0.3, -0.25) is 19.2 Å². The number of carbonyl (C=O) groups excluding carboxylic acids is 4. The van der Waals surface area contributed by atoms with E-state index in [9.17, 15) is 24.4 Å². The van der Waals surface area contributed by atoms with Crippen LogP contribution in [-0.2, 0) is 9.59 Å². The second kappa shape index (κ2) is 14.5. The van der Waals surface area contributed by atoms with Crippen molar-refractivity contribution in [1.82, 2.24) is 14.8 Å². The van der Waals surface area contributed by atoms with Crippen molar-refractivity contribution < 1.29 is 23.9 Å². The number of carbonyl (C=O) groups is 4. The van der Waals surface area contributed by atoms with E-state index >= 15 is 0 Å². The zero-order valence-corrected chi connectivity index (χ0v) is 27.0. The second-order valence-electron chi connectivity index (χ2n) is 10.3. The molecule has 234 valence electrons. The number of pyridine rings is 1. The number of hydrogen-bond donors (Lipinski definition) is 2. The third kappa shape index (κ3) is 7.08. The molecule has 45 heavy (non-hydrogen) atoms. The minimum absolute atomic E-state index is 0.120. The van der Waals surface area contributed by atoms with Crippen LogP contribution >= 0.6 is 23.5 Å². The molecular formula is C32H34N6O5S2. The normalized spacial score (nSPS) is 20.2. The van der Waals surface area contributed by atoms with Crippen LogP contribution in [-0.4, -0.2) is 61.0 Å². The van der Waals surface area contributed by atoms with E-state index in [1.54, 1.807) is 72.9 Å². The van der Waals surface area contributed by atoms with E-state index in [0.717, 1.165) is 0 Å². The summed E-state index contributed by atoms with van der Waals surface area (Å²) in [6, 6.07) is 22.2. The highest BCUT2D eigenvalue weighted by Crippen LogP contribution is 2.51. The van der Waals surface area contributed by atoms with Gasteiger partial charge in [-0.25, -0.2) is 4.98 Å². The maximum Gasteiger partial charge on any atom is 0.286 e. The Labute approximate surface area is 270 Å². The van der Waals surface area contributed by atoms with Gasteiger partial charge in [0.15, 0.2) is 9.74 Å². The molecule has 3 atom stereocenters. The highest BCUT2D eigenvalue weighted by atomic mass is 32.2. The number of thioether (sulfide) groups is 2. The fourth-order valence-corrected chi connectivity index (χ4v) is 7.28. The summed E-state index contributed by atoms with van der Waals surface area (Å²) in [6.45, 7) is 3.36. The fourth-order valence-electron chi connectivity index (χ4n) is 5.13. The molecule has 0 bridgehead atoms.